The molecule has 6 nitrogen and oxygen atoms in total. The molecule has 0 aliphatic carbocycles. The Labute approximate surface area is 139 Å². The van der Waals surface area contributed by atoms with Crippen molar-refractivity contribution in [2.75, 3.05) is 13.2 Å². The van der Waals surface area contributed by atoms with Crippen LogP contribution in [0.25, 0.3) is 0 Å². The molecule has 23 heavy (non-hydrogen) atoms. The summed E-state index contributed by atoms with van der Waals surface area (Å²) < 4.78 is 10.2. The zero-order valence-electron chi connectivity index (χ0n) is 13.1. The second-order valence-corrected chi connectivity index (χ2v) is 5.92. The van der Waals surface area contributed by atoms with E-state index in [0.29, 0.717) is 10.6 Å². The van der Waals surface area contributed by atoms with Crippen LogP contribution < -0.4 is 10.1 Å². The number of hydrogen-bond donors (Lipinski definition) is 2. The molecular formula is C16H18ClNO5. The van der Waals surface area contributed by atoms with E-state index in [1.165, 1.54) is 6.07 Å². The van der Waals surface area contributed by atoms with E-state index in [9.17, 15) is 9.59 Å². The molecule has 0 unspecified atom stereocenters. The number of halogens is 1. The van der Waals surface area contributed by atoms with Gasteiger partial charge in [-0.1, -0.05) is 23.4 Å². The zero-order valence-corrected chi connectivity index (χ0v) is 13.9. The summed E-state index contributed by atoms with van der Waals surface area (Å²) in [5, 5.41) is 11.5. The number of carboxylic acid groups (broad SMARTS) is 1. The Balaban J connectivity index is 2.67. The molecular weight excluding hydrogens is 322 g/mol. The zero-order chi connectivity index (χ0) is 17.5. The molecule has 0 saturated carbocycles. The number of carbonyl (C=O) groups excluding carboxylic acids is 1. The lowest BCUT2D eigenvalue weighted by molar-refractivity contribution is -0.139. The molecule has 2 N–H and O–H groups in total. The van der Waals surface area contributed by atoms with Crippen molar-refractivity contribution in [3.8, 4) is 17.6 Å². The maximum atomic E-state index is 11.5. The van der Waals surface area contributed by atoms with Crippen LogP contribution in [0.5, 0.6) is 5.75 Å². The van der Waals surface area contributed by atoms with Crippen molar-refractivity contribution in [3.05, 3.63) is 28.8 Å². The van der Waals surface area contributed by atoms with Crippen molar-refractivity contribution in [1.82, 2.24) is 5.32 Å². The fourth-order valence-electron chi connectivity index (χ4n) is 1.43. The van der Waals surface area contributed by atoms with E-state index in [2.05, 4.69) is 17.2 Å². The monoisotopic (exact) mass is 339 g/mol. The van der Waals surface area contributed by atoms with Crippen LogP contribution >= 0.6 is 11.6 Å². The van der Waals surface area contributed by atoms with Gasteiger partial charge in [0.2, 0.25) is 0 Å². The molecule has 0 saturated heterocycles. The molecule has 0 fully saturated rings. The van der Waals surface area contributed by atoms with E-state index in [0.717, 1.165) is 0 Å². The predicted molar refractivity (Wildman–Crippen MR) is 85.7 cm³/mol. The van der Waals surface area contributed by atoms with Gasteiger partial charge in [0.1, 0.15) is 11.4 Å². The largest absolute Gasteiger partial charge is 0.481 e. The van der Waals surface area contributed by atoms with Gasteiger partial charge in [-0.25, -0.2) is 9.59 Å². The van der Waals surface area contributed by atoms with Gasteiger partial charge in [0, 0.05) is 11.1 Å². The fourth-order valence-corrected chi connectivity index (χ4v) is 1.59. The number of aliphatic carboxylic acids is 1. The van der Waals surface area contributed by atoms with Gasteiger partial charge in [-0.15, -0.1) is 0 Å². The van der Waals surface area contributed by atoms with E-state index in [1.807, 2.05) is 0 Å². The lowest BCUT2D eigenvalue weighted by Crippen LogP contribution is -2.32. The van der Waals surface area contributed by atoms with E-state index >= 15 is 0 Å². The van der Waals surface area contributed by atoms with Crippen molar-refractivity contribution in [2.24, 2.45) is 0 Å². The number of carboxylic acids is 1. The minimum atomic E-state index is -1.10. The quantitative estimate of drug-likeness (QED) is 0.824. The van der Waals surface area contributed by atoms with Crippen molar-refractivity contribution in [2.45, 2.75) is 26.4 Å². The lowest BCUT2D eigenvalue weighted by atomic mass is 10.2. The van der Waals surface area contributed by atoms with Crippen molar-refractivity contribution in [3.63, 3.8) is 0 Å². The highest BCUT2D eigenvalue weighted by molar-refractivity contribution is 6.30. The Morgan fingerprint density at radius 3 is 2.65 bits per heavy atom. The van der Waals surface area contributed by atoms with Gasteiger partial charge in [0.15, 0.2) is 6.61 Å². The van der Waals surface area contributed by atoms with Crippen LogP contribution in [-0.2, 0) is 9.53 Å². The van der Waals surface area contributed by atoms with Gasteiger partial charge in [-0.2, -0.15) is 0 Å². The topological polar surface area (TPSA) is 84.9 Å². The summed E-state index contributed by atoms with van der Waals surface area (Å²) >= 11 is 5.85. The molecule has 7 heteroatoms. The number of alkyl carbamates (subject to hydrolysis) is 1. The summed E-state index contributed by atoms with van der Waals surface area (Å²) in [7, 11) is 0. The van der Waals surface area contributed by atoms with Gasteiger partial charge in [0.25, 0.3) is 0 Å². The van der Waals surface area contributed by atoms with Gasteiger partial charge in [-0.3, -0.25) is 0 Å². The van der Waals surface area contributed by atoms with Crippen LogP contribution in [0, 0.1) is 11.8 Å². The first-order valence-electron chi connectivity index (χ1n) is 6.77. The SMILES string of the molecule is CC(C)(C)OC(=O)NCC#Cc1ccc(Cl)cc1OCC(=O)O. The Morgan fingerprint density at radius 1 is 1.35 bits per heavy atom. The first kappa shape index (κ1) is 18.7. The summed E-state index contributed by atoms with van der Waals surface area (Å²) in [4.78, 5) is 22.0. The van der Waals surface area contributed by atoms with Crippen LogP contribution in [0.15, 0.2) is 18.2 Å². The van der Waals surface area contributed by atoms with Gasteiger partial charge in [-0.05, 0) is 32.9 Å². The van der Waals surface area contributed by atoms with Crippen LogP contribution in [-0.4, -0.2) is 35.9 Å². The summed E-state index contributed by atoms with van der Waals surface area (Å²) in [5.74, 6) is 4.69. The summed E-state index contributed by atoms with van der Waals surface area (Å²) in [5.41, 5.74) is -0.104. The molecule has 0 aromatic heterocycles. The first-order valence-corrected chi connectivity index (χ1v) is 7.15. The van der Waals surface area contributed by atoms with Crippen molar-refractivity contribution >= 4 is 23.7 Å². The van der Waals surface area contributed by atoms with Crippen LogP contribution in [0.2, 0.25) is 5.02 Å². The number of rotatable bonds is 4. The van der Waals surface area contributed by atoms with E-state index in [4.69, 9.17) is 26.2 Å². The average molecular weight is 340 g/mol. The lowest BCUT2D eigenvalue weighted by Gasteiger charge is -2.19. The smallest absolute Gasteiger partial charge is 0.408 e. The highest BCUT2D eigenvalue weighted by atomic mass is 35.5. The van der Waals surface area contributed by atoms with E-state index in [1.54, 1.807) is 32.9 Å². The Bertz CT molecular complexity index is 640. The van der Waals surface area contributed by atoms with Crippen molar-refractivity contribution < 1.29 is 24.2 Å². The third-order valence-corrected chi connectivity index (χ3v) is 2.47. The highest BCUT2D eigenvalue weighted by Gasteiger charge is 2.15. The maximum Gasteiger partial charge on any atom is 0.408 e. The third kappa shape index (κ3) is 7.98. The Kier molecular flexibility index (Phi) is 6.73. The van der Waals surface area contributed by atoms with Crippen LogP contribution in [0.3, 0.4) is 0 Å². The summed E-state index contributed by atoms with van der Waals surface area (Å²) in [6.45, 7) is 4.87. The number of hydrogen-bond acceptors (Lipinski definition) is 4. The Morgan fingerprint density at radius 2 is 2.04 bits per heavy atom. The van der Waals surface area contributed by atoms with E-state index in [-0.39, 0.29) is 12.3 Å². The van der Waals surface area contributed by atoms with Gasteiger partial charge in [0.05, 0.1) is 12.1 Å². The molecule has 0 aliphatic heterocycles. The molecule has 1 aromatic rings. The van der Waals surface area contributed by atoms with Crippen LogP contribution in [0.1, 0.15) is 26.3 Å². The maximum absolute atomic E-state index is 11.5. The first-order chi connectivity index (χ1) is 10.7. The van der Waals surface area contributed by atoms with E-state index < -0.39 is 24.3 Å². The third-order valence-electron chi connectivity index (χ3n) is 2.24. The fraction of sp³-hybridized carbons (Fsp3) is 0.375. The molecule has 0 spiro atoms. The normalized spacial score (nSPS) is 10.3. The van der Waals surface area contributed by atoms with Gasteiger partial charge < -0.3 is 19.9 Å². The molecule has 124 valence electrons. The number of carbonyl (C=O) groups is 2. The molecule has 0 radical (unpaired) electrons. The Hall–Kier alpha value is -2.39. The predicted octanol–water partition coefficient (Wildman–Crippen LogP) is 2.68. The second-order valence-electron chi connectivity index (χ2n) is 5.48. The van der Waals surface area contributed by atoms with Crippen LogP contribution in [0.4, 0.5) is 4.79 Å². The average Bonchev–Trinajstić information content (AvgIpc) is 2.41. The molecule has 0 aliphatic rings. The number of benzene rings is 1. The molecule has 1 rings (SSSR count). The summed E-state index contributed by atoms with van der Waals surface area (Å²) in [6.07, 6.45) is -0.565. The minimum absolute atomic E-state index is 0.0793. The second kappa shape index (κ2) is 8.30. The van der Waals surface area contributed by atoms with Gasteiger partial charge >= 0.3 is 12.1 Å². The van der Waals surface area contributed by atoms with Crippen molar-refractivity contribution in [1.29, 1.82) is 0 Å². The summed E-state index contributed by atoms with van der Waals surface area (Å²) in [6, 6.07) is 4.70. The molecule has 0 atom stereocenters. The number of nitrogens with one attached hydrogen (secondary N) is 1. The standard InChI is InChI=1S/C16H18ClNO5/c1-16(2,3)23-15(21)18-8-4-5-11-6-7-12(17)9-13(11)22-10-14(19)20/h6-7,9H,8,10H2,1-3H3,(H,18,21)(H,19,20). The minimum Gasteiger partial charge on any atom is -0.481 e. The molecule has 1 aromatic carbocycles. The molecule has 1 amide bonds. The highest BCUT2D eigenvalue weighted by Crippen LogP contribution is 2.22. The molecule has 0 heterocycles. The molecule has 0 bridgehead atoms. The number of amides is 1. The number of ether oxygens (including phenoxy) is 2.